The van der Waals surface area contributed by atoms with Gasteiger partial charge in [0.15, 0.2) is 0 Å². The average Bonchev–Trinajstić information content (AvgIpc) is 3.28. The van der Waals surface area contributed by atoms with Crippen molar-refractivity contribution in [3.63, 3.8) is 0 Å². The summed E-state index contributed by atoms with van der Waals surface area (Å²) in [4.78, 5) is 23.4. The maximum atomic E-state index is 12.7. The monoisotopic (exact) mass is 347 g/mol. The van der Waals surface area contributed by atoms with Gasteiger partial charge in [0, 0.05) is 55.5 Å². The van der Waals surface area contributed by atoms with E-state index in [2.05, 4.69) is 36.7 Å². The molecule has 1 saturated carbocycles. The standard InChI is InChI=1S/C20H21N5O/c26-19-11-17(23-13-16-4-1-5-18-22-9-10-24(16)18)20(25(19)15-6-7-15)14-3-2-8-21-12-14/h1-5,8-10,12,15,17,20,23H,6-7,11,13H2/t17-,20+/m1/s1. The van der Waals surface area contributed by atoms with E-state index >= 15 is 0 Å². The summed E-state index contributed by atoms with van der Waals surface area (Å²) in [7, 11) is 0. The molecule has 4 heterocycles. The lowest BCUT2D eigenvalue weighted by Crippen LogP contribution is -2.37. The first-order chi connectivity index (χ1) is 12.8. The highest BCUT2D eigenvalue weighted by molar-refractivity contribution is 5.81. The molecule has 3 aromatic heterocycles. The van der Waals surface area contributed by atoms with Gasteiger partial charge in [-0.3, -0.25) is 9.78 Å². The van der Waals surface area contributed by atoms with E-state index in [-0.39, 0.29) is 18.0 Å². The van der Waals surface area contributed by atoms with Crippen molar-refractivity contribution in [2.45, 2.75) is 43.9 Å². The second kappa shape index (κ2) is 6.21. The third kappa shape index (κ3) is 2.66. The van der Waals surface area contributed by atoms with Gasteiger partial charge < -0.3 is 14.6 Å². The van der Waals surface area contributed by atoms with Gasteiger partial charge in [0.2, 0.25) is 5.91 Å². The summed E-state index contributed by atoms with van der Waals surface area (Å²) in [5.74, 6) is 0.250. The fourth-order valence-electron chi connectivity index (χ4n) is 4.05. The smallest absolute Gasteiger partial charge is 0.225 e. The molecule has 0 radical (unpaired) electrons. The van der Waals surface area contributed by atoms with E-state index in [1.807, 2.05) is 36.8 Å². The molecule has 0 aromatic carbocycles. The molecule has 2 fully saturated rings. The number of pyridine rings is 2. The van der Waals surface area contributed by atoms with Crippen LogP contribution in [0.5, 0.6) is 0 Å². The van der Waals surface area contributed by atoms with E-state index in [1.165, 1.54) is 0 Å². The molecule has 2 aliphatic rings. The first-order valence-corrected chi connectivity index (χ1v) is 9.17. The van der Waals surface area contributed by atoms with Crippen LogP contribution >= 0.6 is 0 Å². The number of hydrogen-bond donors (Lipinski definition) is 1. The summed E-state index contributed by atoms with van der Waals surface area (Å²) >= 11 is 0. The Bertz CT molecular complexity index is 934. The third-order valence-electron chi connectivity index (χ3n) is 5.39. The van der Waals surface area contributed by atoms with Crippen LogP contribution in [0, 0.1) is 0 Å². The molecule has 0 bridgehead atoms. The van der Waals surface area contributed by atoms with Crippen molar-refractivity contribution in [1.82, 2.24) is 24.6 Å². The molecule has 1 N–H and O–H groups in total. The Morgan fingerprint density at radius 3 is 2.88 bits per heavy atom. The van der Waals surface area contributed by atoms with Crippen molar-refractivity contribution < 1.29 is 4.79 Å². The number of imidazole rings is 1. The number of likely N-dealkylation sites (tertiary alicyclic amines) is 1. The number of rotatable bonds is 5. The van der Waals surface area contributed by atoms with Crippen LogP contribution in [0.25, 0.3) is 5.65 Å². The van der Waals surface area contributed by atoms with Gasteiger partial charge in [-0.15, -0.1) is 0 Å². The molecule has 3 aromatic rings. The molecule has 1 aliphatic carbocycles. The molecule has 26 heavy (non-hydrogen) atoms. The van der Waals surface area contributed by atoms with E-state index in [9.17, 15) is 4.79 Å². The molecule has 1 saturated heterocycles. The van der Waals surface area contributed by atoms with Gasteiger partial charge in [0.1, 0.15) is 5.65 Å². The van der Waals surface area contributed by atoms with E-state index < -0.39 is 0 Å². The lowest BCUT2D eigenvalue weighted by molar-refractivity contribution is -0.129. The number of carbonyl (C=O) groups excluding carboxylic acids is 1. The van der Waals surface area contributed by atoms with Crippen LogP contribution in [-0.4, -0.2) is 37.3 Å². The lowest BCUT2D eigenvalue weighted by atomic mass is 10.0. The zero-order valence-electron chi connectivity index (χ0n) is 14.5. The normalized spacial score (nSPS) is 23.1. The molecule has 0 spiro atoms. The Morgan fingerprint density at radius 2 is 2.08 bits per heavy atom. The van der Waals surface area contributed by atoms with Crippen molar-refractivity contribution in [2.75, 3.05) is 0 Å². The van der Waals surface area contributed by atoms with Crippen LogP contribution in [0.3, 0.4) is 0 Å². The predicted molar refractivity (Wildman–Crippen MR) is 97.3 cm³/mol. The van der Waals surface area contributed by atoms with Crippen LogP contribution in [0.1, 0.15) is 36.6 Å². The number of aromatic nitrogens is 3. The van der Waals surface area contributed by atoms with Gasteiger partial charge in [-0.1, -0.05) is 12.1 Å². The van der Waals surface area contributed by atoms with Gasteiger partial charge in [-0.25, -0.2) is 4.98 Å². The van der Waals surface area contributed by atoms with Crippen LogP contribution in [0.4, 0.5) is 0 Å². The van der Waals surface area contributed by atoms with Crippen LogP contribution in [0.15, 0.2) is 55.1 Å². The number of nitrogens with zero attached hydrogens (tertiary/aromatic N) is 4. The molecule has 132 valence electrons. The second-order valence-electron chi connectivity index (χ2n) is 7.13. The topological polar surface area (TPSA) is 62.5 Å². The minimum Gasteiger partial charge on any atom is -0.331 e. The van der Waals surface area contributed by atoms with Crippen LogP contribution in [-0.2, 0) is 11.3 Å². The first-order valence-electron chi connectivity index (χ1n) is 9.17. The highest BCUT2D eigenvalue weighted by Gasteiger charge is 2.47. The minimum absolute atomic E-state index is 0.0608. The maximum absolute atomic E-state index is 12.7. The first kappa shape index (κ1) is 15.5. The molecular formula is C20H21N5O. The number of hydrogen-bond acceptors (Lipinski definition) is 4. The molecule has 5 rings (SSSR count). The summed E-state index contributed by atoms with van der Waals surface area (Å²) in [6, 6.07) is 10.7. The summed E-state index contributed by atoms with van der Waals surface area (Å²) in [5, 5.41) is 3.63. The third-order valence-corrected chi connectivity index (χ3v) is 5.39. The van der Waals surface area contributed by atoms with Crippen molar-refractivity contribution in [3.05, 3.63) is 66.4 Å². The van der Waals surface area contributed by atoms with Gasteiger partial charge in [-0.05, 0) is 36.6 Å². The molecule has 2 atom stereocenters. The molecule has 6 heteroatoms. The average molecular weight is 347 g/mol. The fraction of sp³-hybridized carbons (Fsp3) is 0.350. The highest BCUT2D eigenvalue weighted by Crippen LogP contribution is 2.41. The van der Waals surface area contributed by atoms with Crippen molar-refractivity contribution in [3.8, 4) is 0 Å². The lowest BCUT2D eigenvalue weighted by Gasteiger charge is -2.29. The van der Waals surface area contributed by atoms with Crippen molar-refractivity contribution in [1.29, 1.82) is 0 Å². The summed E-state index contributed by atoms with van der Waals surface area (Å²) in [5.41, 5.74) is 3.20. The fourth-order valence-corrected chi connectivity index (χ4v) is 4.05. The Kier molecular flexibility index (Phi) is 3.71. The Hall–Kier alpha value is -2.73. The van der Waals surface area contributed by atoms with Gasteiger partial charge in [0.05, 0.1) is 6.04 Å². The molecule has 1 aliphatic heterocycles. The highest BCUT2D eigenvalue weighted by atomic mass is 16.2. The van der Waals surface area contributed by atoms with Gasteiger partial charge in [-0.2, -0.15) is 0 Å². The minimum atomic E-state index is 0.0608. The Labute approximate surface area is 151 Å². The zero-order chi connectivity index (χ0) is 17.5. The summed E-state index contributed by atoms with van der Waals surface area (Å²) in [6.45, 7) is 0.695. The summed E-state index contributed by atoms with van der Waals surface area (Å²) in [6.07, 6.45) is 10.2. The molecule has 0 unspecified atom stereocenters. The molecule has 1 amide bonds. The van der Waals surface area contributed by atoms with Crippen LogP contribution < -0.4 is 5.32 Å². The van der Waals surface area contributed by atoms with E-state index in [1.54, 1.807) is 6.20 Å². The second-order valence-corrected chi connectivity index (χ2v) is 7.13. The number of fused-ring (bicyclic) bond motifs is 1. The number of carbonyl (C=O) groups is 1. The van der Waals surface area contributed by atoms with Crippen molar-refractivity contribution in [2.24, 2.45) is 0 Å². The van der Waals surface area contributed by atoms with E-state index in [0.717, 1.165) is 29.7 Å². The Morgan fingerprint density at radius 1 is 1.15 bits per heavy atom. The molecule has 6 nitrogen and oxygen atoms in total. The SMILES string of the molecule is O=C1C[C@@H](NCc2cccc3nccn23)[C@H](c2cccnc2)N1C1CC1. The summed E-state index contributed by atoms with van der Waals surface area (Å²) < 4.78 is 2.08. The Balaban J connectivity index is 1.41. The number of amides is 1. The van der Waals surface area contributed by atoms with Gasteiger partial charge >= 0.3 is 0 Å². The largest absolute Gasteiger partial charge is 0.331 e. The predicted octanol–water partition coefficient (Wildman–Crippen LogP) is 2.32. The van der Waals surface area contributed by atoms with E-state index in [4.69, 9.17) is 0 Å². The van der Waals surface area contributed by atoms with Crippen molar-refractivity contribution >= 4 is 11.6 Å². The van der Waals surface area contributed by atoms with Crippen LogP contribution in [0.2, 0.25) is 0 Å². The molecular weight excluding hydrogens is 326 g/mol. The quantitative estimate of drug-likeness (QED) is 0.769. The maximum Gasteiger partial charge on any atom is 0.225 e. The number of nitrogens with one attached hydrogen (secondary N) is 1. The zero-order valence-corrected chi connectivity index (χ0v) is 14.5. The van der Waals surface area contributed by atoms with Gasteiger partial charge in [0.25, 0.3) is 0 Å². The van der Waals surface area contributed by atoms with E-state index in [0.29, 0.717) is 19.0 Å².